The van der Waals surface area contributed by atoms with Gasteiger partial charge in [-0.15, -0.1) is 11.3 Å². The molecule has 1 aromatic carbocycles. The van der Waals surface area contributed by atoms with E-state index in [2.05, 4.69) is 10.3 Å². The zero-order chi connectivity index (χ0) is 22.6. The summed E-state index contributed by atoms with van der Waals surface area (Å²) in [6.45, 7) is 3.24. The van der Waals surface area contributed by atoms with Crippen molar-refractivity contribution in [3.05, 3.63) is 47.7 Å². The lowest BCUT2D eigenvalue weighted by atomic mass is 10.2. The Hall–Kier alpha value is -2.69. The van der Waals surface area contributed by atoms with Gasteiger partial charge >= 0.3 is 0 Å². The van der Waals surface area contributed by atoms with Crippen LogP contribution < -0.4 is 10.1 Å². The van der Waals surface area contributed by atoms with Crippen molar-refractivity contribution in [2.24, 2.45) is 0 Å². The number of carbonyl (C=O) groups excluding carboxylic acids is 1. The van der Waals surface area contributed by atoms with Crippen molar-refractivity contribution >= 4 is 33.0 Å². The molecule has 0 bridgehead atoms. The van der Waals surface area contributed by atoms with E-state index in [1.165, 1.54) is 27.8 Å². The summed E-state index contributed by atoms with van der Waals surface area (Å²) in [7, 11) is -3.63. The fourth-order valence-corrected chi connectivity index (χ4v) is 5.89. The number of nitrogens with zero attached hydrogens (tertiary/aromatic N) is 2. The number of ether oxygens (including phenoxy) is 1. The monoisotopic (exact) mass is 475 g/mol. The van der Waals surface area contributed by atoms with Gasteiger partial charge in [0.15, 0.2) is 10.8 Å². The van der Waals surface area contributed by atoms with Crippen molar-refractivity contribution in [3.63, 3.8) is 0 Å². The molecule has 0 unspecified atom stereocenters. The van der Waals surface area contributed by atoms with Crippen LogP contribution in [0.15, 0.2) is 51.3 Å². The minimum Gasteiger partial charge on any atom is -0.492 e. The van der Waals surface area contributed by atoms with Crippen LogP contribution in [0.1, 0.15) is 31.9 Å². The molecule has 0 spiro atoms. The lowest BCUT2D eigenvalue weighted by molar-refractivity contribution is -0.115. The minimum absolute atomic E-state index is 0.0475. The largest absolute Gasteiger partial charge is 0.492 e. The van der Waals surface area contributed by atoms with Crippen LogP contribution in [0.2, 0.25) is 0 Å². The normalized spacial score (nSPS) is 14.9. The second kappa shape index (κ2) is 9.85. The molecular weight excluding hydrogens is 450 g/mol. The predicted molar refractivity (Wildman–Crippen MR) is 122 cm³/mol. The van der Waals surface area contributed by atoms with Crippen molar-refractivity contribution in [2.45, 2.75) is 37.5 Å². The number of rotatable bonds is 8. The molecule has 3 aromatic rings. The van der Waals surface area contributed by atoms with E-state index in [0.717, 1.165) is 19.3 Å². The number of amides is 1. The van der Waals surface area contributed by atoms with E-state index in [9.17, 15) is 13.2 Å². The number of thiazole rings is 1. The van der Waals surface area contributed by atoms with Gasteiger partial charge in [0.1, 0.15) is 5.75 Å². The van der Waals surface area contributed by atoms with Crippen molar-refractivity contribution < 1.29 is 22.4 Å². The molecule has 4 rings (SSSR count). The highest BCUT2D eigenvalue weighted by Crippen LogP contribution is 2.31. The maximum Gasteiger partial charge on any atom is 0.243 e. The second-order valence-electron chi connectivity index (χ2n) is 7.40. The van der Waals surface area contributed by atoms with Crippen molar-refractivity contribution in [1.82, 2.24) is 9.29 Å². The van der Waals surface area contributed by atoms with E-state index in [1.54, 1.807) is 23.8 Å². The lowest BCUT2D eigenvalue weighted by Gasteiger charge is -2.26. The molecule has 1 N–H and O–H groups in total. The summed E-state index contributed by atoms with van der Waals surface area (Å²) in [6.07, 6.45) is 4.37. The number of hydrogen-bond acceptors (Lipinski definition) is 7. The van der Waals surface area contributed by atoms with Crippen molar-refractivity contribution in [3.8, 4) is 16.5 Å². The fourth-order valence-electron chi connectivity index (χ4n) is 3.56. The zero-order valence-corrected chi connectivity index (χ0v) is 19.4. The quantitative estimate of drug-likeness (QED) is 0.525. The molecule has 8 nitrogen and oxygen atoms in total. The van der Waals surface area contributed by atoms with Gasteiger partial charge in [0, 0.05) is 18.5 Å². The summed E-state index contributed by atoms with van der Waals surface area (Å²) in [6, 6.07) is 8.19. The number of hydrogen-bond donors (Lipinski definition) is 1. The Labute approximate surface area is 191 Å². The first-order valence-corrected chi connectivity index (χ1v) is 12.8. The number of anilines is 1. The van der Waals surface area contributed by atoms with E-state index in [4.69, 9.17) is 9.15 Å². The number of carbonyl (C=O) groups is 1. The Bertz CT molecular complexity index is 1170. The average Bonchev–Trinajstić information content (AvgIpc) is 3.48. The summed E-state index contributed by atoms with van der Waals surface area (Å²) in [5, 5.41) is 5.30. The van der Waals surface area contributed by atoms with E-state index in [1.807, 2.05) is 13.0 Å². The first-order valence-electron chi connectivity index (χ1n) is 10.5. The molecule has 1 aliphatic heterocycles. The third kappa shape index (κ3) is 5.03. The highest BCUT2D eigenvalue weighted by molar-refractivity contribution is 7.89. The molecule has 10 heteroatoms. The molecule has 1 amide bonds. The van der Waals surface area contributed by atoms with E-state index in [0.29, 0.717) is 47.6 Å². The zero-order valence-electron chi connectivity index (χ0n) is 17.7. The van der Waals surface area contributed by atoms with Gasteiger partial charge in [0.25, 0.3) is 0 Å². The van der Waals surface area contributed by atoms with Gasteiger partial charge in [-0.05, 0) is 50.1 Å². The van der Waals surface area contributed by atoms with Crippen LogP contribution in [0, 0.1) is 0 Å². The minimum atomic E-state index is -3.63. The van der Waals surface area contributed by atoms with Gasteiger partial charge in [0.05, 0.1) is 35.6 Å². The number of sulfonamides is 1. The topological polar surface area (TPSA) is 102 Å². The van der Waals surface area contributed by atoms with Crippen LogP contribution in [0.3, 0.4) is 0 Å². The van der Waals surface area contributed by atoms with Gasteiger partial charge in [-0.3, -0.25) is 4.79 Å². The Balaban J connectivity index is 1.52. The molecule has 1 aliphatic rings. The van der Waals surface area contributed by atoms with Gasteiger partial charge in [0.2, 0.25) is 15.9 Å². The van der Waals surface area contributed by atoms with Crippen LogP contribution in [-0.2, 0) is 21.2 Å². The molecule has 0 radical (unpaired) electrons. The Morgan fingerprint density at radius 1 is 1.25 bits per heavy atom. The van der Waals surface area contributed by atoms with Crippen LogP contribution in [0.25, 0.3) is 10.8 Å². The Morgan fingerprint density at radius 3 is 2.78 bits per heavy atom. The van der Waals surface area contributed by atoms with Crippen LogP contribution in [0.5, 0.6) is 5.75 Å². The molecule has 1 fully saturated rings. The van der Waals surface area contributed by atoms with E-state index in [-0.39, 0.29) is 17.2 Å². The SMILES string of the molecule is CCOc1ccc(S(=O)(=O)N2CCCCC2)cc1NC(=O)Cc1csc(-c2ccco2)n1. The molecule has 32 heavy (non-hydrogen) atoms. The first-order chi connectivity index (χ1) is 15.5. The van der Waals surface area contributed by atoms with Gasteiger partial charge in [-0.25, -0.2) is 13.4 Å². The molecule has 170 valence electrons. The molecule has 3 heterocycles. The molecule has 1 saturated heterocycles. The summed E-state index contributed by atoms with van der Waals surface area (Å²) < 4.78 is 38.6. The molecule has 0 atom stereocenters. The number of piperidine rings is 1. The van der Waals surface area contributed by atoms with Crippen LogP contribution >= 0.6 is 11.3 Å². The number of furan rings is 1. The summed E-state index contributed by atoms with van der Waals surface area (Å²) >= 11 is 1.39. The smallest absolute Gasteiger partial charge is 0.243 e. The van der Waals surface area contributed by atoms with E-state index >= 15 is 0 Å². The lowest BCUT2D eigenvalue weighted by Crippen LogP contribution is -2.35. The fraction of sp³-hybridized carbons (Fsp3) is 0.364. The van der Waals surface area contributed by atoms with Gasteiger partial charge in [-0.1, -0.05) is 6.42 Å². The number of benzene rings is 1. The molecule has 2 aromatic heterocycles. The summed E-state index contributed by atoms with van der Waals surface area (Å²) in [5.41, 5.74) is 0.936. The van der Waals surface area contributed by atoms with Crippen LogP contribution in [-0.4, -0.2) is 43.3 Å². The summed E-state index contributed by atoms with van der Waals surface area (Å²) in [4.78, 5) is 17.3. The number of aromatic nitrogens is 1. The maximum atomic E-state index is 13.1. The third-order valence-electron chi connectivity index (χ3n) is 5.10. The Morgan fingerprint density at radius 2 is 2.06 bits per heavy atom. The van der Waals surface area contributed by atoms with Crippen LogP contribution in [0.4, 0.5) is 5.69 Å². The first kappa shape index (κ1) is 22.5. The van der Waals surface area contributed by atoms with Crippen molar-refractivity contribution in [1.29, 1.82) is 0 Å². The molecule has 0 saturated carbocycles. The van der Waals surface area contributed by atoms with E-state index < -0.39 is 10.0 Å². The van der Waals surface area contributed by atoms with Crippen molar-refractivity contribution in [2.75, 3.05) is 25.0 Å². The molecular formula is C22H25N3O5S2. The third-order valence-corrected chi connectivity index (χ3v) is 7.90. The Kier molecular flexibility index (Phi) is 6.92. The standard InChI is InChI=1S/C22H25N3O5S2/c1-2-29-19-9-8-17(32(27,28)25-10-4-3-5-11-25)14-18(19)24-21(26)13-16-15-31-22(23-16)20-7-6-12-30-20/h6-9,12,14-15H,2-5,10-11,13H2,1H3,(H,24,26). The molecule has 0 aliphatic carbocycles. The number of nitrogens with one attached hydrogen (secondary N) is 1. The van der Waals surface area contributed by atoms with Gasteiger partial charge in [-0.2, -0.15) is 4.31 Å². The highest BCUT2D eigenvalue weighted by Gasteiger charge is 2.27. The second-order valence-corrected chi connectivity index (χ2v) is 10.2. The predicted octanol–water partition coefficient (Wildman–Crippen LogP) is 4.16. The highest BCUT2D eigenvalue weighted by atomic mass is 32.2. The van der Waals surface area contributed by atoms with Gasteiger partial charge < -0.3 is 14.5 Å². The average molecular weight is 476 g/mol. The summed E-state index contributed by atoms with van der Waals surface area (Å²) in [5.74, 6) is 0.763. The maximum absolute atomic E-state index is 13.1.